The monoisotopic (exact) mass is 466 g/mol. The standard InChI is InChI=1S/C25H30N4OS2/c1-4-14-29-24(20-15-31-21-13-8-7-12-19(20)21)27-28-25(29)32-16-22(30)26-23-17(5-2)10-9-11-18(23)6-3/h4,9-11,15H,1,5-8,12-14,16H2,2-3H3,(H,26,30). The van der Waals surface area contributed by atoms with Gasteiger partial charge in [0.25, 0.3) is 0 Å². The summed E-state index contributed by atoms with van der Waals surface area (Å²) < 4.78 is 2.08. The number of carbonyl (C=O) groups is 1. The molecule has 0 fully saturated rings. The number of thiophene rings is 1. The smallest absolute Gasteiger partial charge is 0.234 e. The maximum Gasteiger partial charge on any atom is 0.234 e. The van der Waals surface area contributed by atoms with Crippen LogP contribution in [-0.4, -0.2) is 26.4 Å². The summed E-state index contributed by atoms with van der Waals surface area (Å²) in [7, 11) is 0. The lowest BCUT2D eigenvalue weighted by Gasteiger charge is -2.14. The van der Waals surface area contributed by atoms with Gasteiger partial charge in [0.1, 0.15) is 0 Å². The molecule has 1 amide bonds. The Bertz CT molecular complexity index is 1090. The molecule has 0 spiro atoms. The topological polar surface area (TPSA) is 59.8 Å². The Hall–Kier alpha value is -2.38. The Kier molecular flexibility index (Phi) is 7.48. The first kappa shape index (κ1) is 22.8. The number of thioether (sulfide) groups is 1. The van der Waals surface area contributed by atoms with Gasteiger partial charge in [-0.3, -0.25) is 9.36 Å². The summed E-state index contributed by atoms with van der Waals surface area (Å²) in [5.41, 5.74) is 5.92. The minimum atomic E-state index is -0.0202. The third-order valence-electron chi connectivity index (χ3n) is 5.93. The molecule has 0 saturated carbocycles. The third-order valence-corrected chi connectivity index (χ3v) is 7.98. The number of nitrogens with one attached hydrogen (secondary N) is 1. The lowest BCUT2D eigenvalue weighted by Crippen LogP contribution is -2.17. The number of carbonyl (C=O) groups excluding carboxylic acids is 1. The predicted molar refractivity (Wildman–Crippen MR) is 135 cm³/mol. The summed E-state index contributed by atoms with van der Waals surface area (Å²) in [6.45, 7) is 8.76. The Balaban J connectivity index is 1.52. The van der Waals surface area contributed by atoms with Crippen molar-refractivity contribution >= 4 is 34.7 Å². The van der Waals surface area contributed by atoms with Crippen molar-refractivity contribution in [3.05, 3.63) is 57.8 Å². The molecule has 0 unspecified atom stereocenters. The van der Waals surface area contributed by atoms with Crippen molar-refractivity contribution in [1.82, 2.24) is 14.8 Å². The number of para-hydroxylation sites is 1. The van der Waals surface area contributed by atoms with Gasteiger partial charge in [-0.2, -0.15) is 0 Å². The highest BCUT2D eigenvalue weighted by atomic mass is 32.2. The van der Waals surface area contributed by atoms with Gasteiger partial charge in [0.15, 0.2) is 11.0 Å². The highest BCUT2D eigenvalue weighted by molar-refractivity contribution is 7.99. The average molecular weight is 467 g/mol. The normalized spacial score (nSPS) is 13.1. The number of hydrogen-bond donors (Lipinski definition) is 1. The molecule has 1 aliphatic rings. The van der Waals surface area contributed by atoms with Gasteiger partial charge in [0.05, 0.1) is 5.75 Å². The predicted octanol–water partition coefficient (Wildman–Crippen LogP) is 5.93. The van der Waals surface area contributed by atoms with Crippen molar-refractivity contribution in [2.45, 2.75) is 64.1 Å². The van der Waals surface area contributed by atoms with Crippen molar-refractivity contribution in [3.8, 4) is 11.4 Å². The maximum atomic E-state index is 12.8. The fourth-order valence-electron chi connectivity index (χ4n) is 4.28. The molecule has 1 aliphatic carbocycles. The molecule has 0 aliphatic heterocycles. The molecule has 0 bridgehead atoms. The van der Waals surface area contributed by atoms with E-state index in [0.717, 1.165) is 42.4 Å². The van der Waals surface area contributed by atoms with Crippen LogP contribution in [0.25, 0.3) is 11.4 Å². The van der Waals surface area contributed by atoms with Crippen LogP contribution in [0.5, 0.6) is 0 Å². The molecule has 1 aromatic carbocycles. The van der Waals surface area contributed by atoms with Gasteiger partial charge < -0.3 is 5.32 Å². The van der Waals surface area contributed by atoms with Gasteiger partial charge in [-0.05, 0) is 55.2 Å². The number of hydrogen-bond acceptors (Lipinski definition) is 5. The molecular formula is C25H30N4OS2. The first-order valence-electron chi connectivity index (χ1n) is 11.3. The van der Waals surface area contributed by atoms with E-state index in [-0.39, 0.29) is 11.7 Å². The van der Waals surface area contributed by atoms with E-state index in [0.29, 0.717) is 6.54 Å². The maximum absolute atomic E-state index is 12.8. The van der Waals surface area contributed by atoms with Crippen LogP contribution in [0.2, 0.25) is 0 Å². The molecule has 0 radical (unpaired) electrons. The highest BCUT2D eigenvalue weighted by Crippen LogP contribution is 2.37. The lowest BCUT2D eigenvalue weighted by molar-refractivity contribution is -0.113. The van der Waals surface area contributed by atoms with Crippen LogP contribution in [0.1, 0.15) is 48.3 Å². The molecule has 4 rings (SSSR count). The zero-order valence-corrected chi connectivity index (χ0v) is 20.5. The average Bonchev–Trinajstić information content (AvgIpc) is 3.42. The summed E-state index contributed by atoms with van der Waals surface area (Å²) in [6, 6.07) is 6.22. The molecule has 0 atom stereocenters. The van der Waals surface area contributed by atoms with Crippen LogP contribution >= 0.6 is 23.1 Å². The summed E-state index contributed by atoms with van der Waals surface area (Å²) >= 11 is 3.26. The molecule has 168 valence electrons. The molecule has 0 saturated heterocycles. The summed E-state index contributed by atoms with van der Waals surface area (Å²) in [4.78, 5) is 14.3. The molecular weight excluding hydrogens is 436 g/mol. The van der Waals surface area contributed by atoms with Crippen LogP contribution in [0.15, 0.2) is 41.4 Å². The second-order valence-electron chi connectivity index (χ2n) is 7.96. The van der Waals surface area contributed by atoms with E-state index in [1.807, 2.05) is 17.4 Å². The second kappa shape index (κ2) is 10.5. The second-order valence-corrected chi connectivity index (χ2v) is 9.87. The van der Waals surface area contributed by atoms with Crippen molar-refractivity contribution in [3.63, 3.8) is 0 Å². The van der Waals surface area contributed by atoms with Crippen molar-refractivity contribution in [2.24, 2.45) is 0 Å². The van der Waals surface area contributed by atoms with E-state index in [2.05, 4.69) is 64.1 Å². The fraction of sp³-hybridized carbons (Fsp3) is 0.400. The fourth-order valence-corrected chi connectivity index (χ4v) is 6.15. The van der Waals surface area contributed by atoms with E-state index >= 15 is 0 Å². The van der Waals surface area contributed by atoms with Crippen molar-refractivity contribution < 1.29 is 4.79 Å². The summed E-state index contributed by atoms with van der Waals surface area (Å²) in [5.74, 6) is 1.16. The molecule has 3 aromatic rings. The number of anilines is 1. The van der Waals surface area contributed by atoms with Gasteiger partial charge in [0.2, 0.25) is 5.91 Å². The van der Waals surface area contributed by atoms with E-state index < -0.39 is 0 Å². The Labute approximate surface area is 198 Å². The Morgan fingerprint density at radius 3 is 2.69 bits per heavy atom. The van der Waals surface area contributed by atoms with Crippen molar-refractivity contribution in [1.29, 1.82) is 0 Å². The van der Waals surface area contributed by atoms with Crippen LogP contribution < -0.4 is 5.32 Å². The van der Waals surface area contributed by atoms with Gasteiger partial charge in [-0.1, -0.05) is 49.9 Å². The SMILES string of the molecule is C=CCn1c(SCC(=O)Nc2c(CC)cccc2CC)nnc1-c1csc2c1CCCC2. The van der Waals surface area contributed by atoms with E-state index in [1.165, 1.54) is 51.7 Å². The van der Waals surface area contributed by atoms with E-state index in [1.54, 1.807) is 0 Å². The number of allylic oxidation sites excluding steroid dienone is 1. The first-order valence-corrected chi connectivity index (χ1v) is 13.2. The Morgan fingerprint density at radius 2 is 1.97 bits per heavy atom. The molecule has 2 heterocycles. The molecule has 5 nitrogen and oxygen atoms in total. The number of benzene rings is 1. The number of fused-ring (bicyclic) bond motifs is 1. The molecule has 1 N–H and O–H groups in total. The third kappa shape index (κ3) is 4.69. The lowest BCUT2D eigenvalue weighted by atomic mass is 9.95. The summed E-state index contributed by atoms with van der Waals surface area (Å²) in [5, 5.41) is 15.1. The largest absolute Gasteiger partial charge is 0.325 e. The van der Waals surface area contributed by atoms with Gasteiger partial charge in [0, 0.05) is 28.1 Å². The van der Waals surface area contributed by atoms with Crippen molar-refractivity contribution in [2.75, 3.05) is 11.1 Å². The van der Waals surface area contributed by atoms with Crippen LogP contribution in [0.4, 0.5) is 5.69 Å². The Morgan fingerprint density at radius 1 is 1.22 bits per heavy atom. The molecule has 7 heteroatoms. The number of nitrogens with zero attached hydrogens (tertiary/aromatic N) is 3. The van der Waals surface area contributed by atoms with E-state index in [4.69, 9.17) is 0 Å². The van der Waals surface area contributed by atoms with E-state index in [9.17, 15) is 4.79 Å². The zero-order chi connectivity index (χ0) is 22.5. The number of aromatic nitrogens is 3. The van der Waals surface area contributed by atoms with Gasteiger partial charge in [-0.25, -0.2) is 0 Å². The van der Waals surface area contributed by atoms with Gasteiger partial charge >= 0.3 is 0 Å². The molecule has 32 heavy (non-hydrogen) atoms. The first-order chi connectivity index (χ1) is 15.7. The minimum Gasteiger partial charge on any atom is -0.325 e. The van der Waals surface area contributed by atoms with Crippen LogP contribution in [0, 0.1) is 0 Å². The van der Waals surface area contributed by atoms with Gasteiger partial charge in [-0.15, -0.1) is 28.1 Å². The number of amides is 1. The quantitative estimate of drug-likeness (QED) is 0.314. The number of aryl methyl sites for hydroxylation is 3. The van der Waals surface area contributed by atoms with Crippen LogP contribution in [-0.2, 0) is 37.0 Å². The highest BCUT2D eigenvalue weighted by Gasteiger charge is 2.22. The zero-order valence-electron chi connectivity index (χ0n) is 18.8. The van der Waals surface area contributed by atoms with Crippen LogP contribution in [0.3, 0.4) is 0 Å². The number of rotatable bonds is 9. The molecule has 2 aromatic heterocycles. The summed E-state index contributed by atoms with van der Waals surface area (Å²) in [6.07, 6.45) is 8.40. The minimum absolute atomic E-state index is 0.0202.